The topological polar surface area (TPSA) is 118 Å². The van der Waals surface area contributed by atoms with Gasteiger partial charge in [-0.25, -0.2) is 9.78 Å². The Hall–Kier alpha value is -1.87. The van der Waals surface area contributed by atoms with Gasteiger partial charge in [0.15, 0.2) is 11.2 Å². The van der Waals surface area contributed by atoms with Crippen LogP contribution < -0.4 is 11.2 Å². The highest BCUT2D eigenvalue weighted by Crippen LogP contribution is 2.15. The summed E-state index contributed by atoms with van der Waals surface area (Å²) in [4.78, 5) is 38.2. The van der Waals surface area contributed by atoms with Gasteiger partial charge in [-0.3, -0.25) is 18.5 Å². The second-order valence-electron chi connectivity index (χ2n) is 5.42. The molecule has 2 heterocycles. The quantitative estimate of drug-likeness (QED) is 0.514. The van der Waals surface area contributed by atoms with Crippen LogP contribution in [-0.2, 0) is 26.9 Å². The Kier molecular flexibility index (Phi) is 6.60. The molecular weight excluding hydrogens is 351 g/mol. The van der Waals surface area contributed by atoms with Gasteiger partial charge in [-0.1, -0.05) is 0 Å². The van der Waals surface area contributed by atoms with Gasteiger partial charge in [0, 0.05) is 24.8 Å². The summed E-state index contributed by atoms with van der Waals surface area (Å²) >= 11 is 0. The molecule has 0 spiro atoms. The molecule has 0 saturated carbocycles. The monoisotopic (exact) mass is 373 g/mol. The molecule has 11 heteroatoms. The van der Waals surface area contributed by atoms with E-state index in [2.05, 4.69) is 9.51 Å². The molecule has 0 amide bonds. The summed E-state index contributed by atoms with van der Waals surface area (Å²) < 4.78 is 24.5. The van der Waals surface area contributed by atoms with Gasteiger partial charge < -0.3 is 4.74 Å². The summed E-state index contributed by atoms with van der Waals surface area (Å²) in [6.07, 6.45) is 2.00. The molecule has 2 rings (SSSR count). The lowest BCUT2D eigenvalue weighted by atomic mass is 10.3. The van der Waals surface area contributed by atoms with E-state index in [1.165, 1.54) is 18.0 Å². The van der Waals surface area contributed by atoms with Crippen LogP contribution in [0.4, 0.5) is 0 Å². The van der Waals surface area contributed by atoms with Crippen molar-refractivity contribution in [3.05, 3.63) is 27.2 Å². The molecule has 1 N–H and O–H groups in total. The molecule has 0 fully saturated rings. The minimum Gasteiger partial charge on any atom is -0.362 e. The average molecular weight is 373 g/mol. The fraction of sp³-hybridized carbons (Fsp3) is 0.643. The van der Waals surface area contributed by atoms with Gasteiger partial charge >= 0.3 is 13.9 Å². The fourth-order valence-corrected chi connectivity index (χ4v) is 2.88. The molecule has 10 nitrogen and oxygen atoms in total. The number of aromatic nitrogens is 4. The minimum atomic E-state index is -2.63. The van der Waals surface area contributed by atoms with Crippen molar-refractivity contribution in [2.75, 3.05) is 13.7 Å². The van der Waals surface area contributed by atoms with E-state index in [1.54, 1.807) is 18.4 Å². The van der Waals surface area contributed by atoms with Crippen LogP contribution in [0.15, 0.2) is 15.9 Å². The lowest BCUT2D eigenvalue weighted by molar-refractivity contribution is 0.0635. The average Bonchev–Trinajstić information content (AvgIpc) is 3.01. The van der Waals surface area contributed by atoms with Gasteiger partial charge in [-0.2, -0.15) is 0 Å². The number of ether oxygens (including phenoxy) is 1. The van der Waals surface area contributed by atoms with Gasteiger partial charge in [0.25, 0.3) is 5.56 Å². The Morgan fingerprint density at radius 1 is 1.32 bits per heavy atom. The summed E-state index contributed by atoms with van der Waals surface area (Å²) in [6.45, 7) is 4.23. The predicted octanol–water partition coefficient (Wildman–Crippen LogP) is 0.991. The first-order valence-corrected chi connectivity index (χ1v) is 9.07. The fourth-order valence-electron chi connectivity index (χ4n) is 2.59. The van der Waals surface area contributed by atoms with Crippen molar-refractivity contribution in [1.29, 1.82) is 0 Å². The highest BCUT2D eigenvalue weighted by atomic mass is 31.1. The number of unbranched alkanes of at least 4 members (excludes halogenated alkanes) is 1. The van der Waals surface area contributed by atoms with Crippen molar-refractivity contribution in [3.63, 3.8) is 0 Å². The van der Waals surface area contributed by atoms with E-state index in [0.717, 1.165) is 4.57 Å². The number of hydrogen-bond acceptors (Lipinski definition) is 6. The van der Waals surface area contributed by atoms with Crippen LogP contribution in [0.5, 0.6) is 0 Å². The Bertz CT molecular complexity index is 871. The number of rotatable bonds is 9. The van der Waals surface area contributed by atoms with Crippen molar-refractivity contribution < 1.29 is 18.7 Å². The summed E-state index contributed by atoms with van der Waals surface area (Å²) in [5.74, 6) is 0. The molecule has 0 aromatic carbocycles. The molecule has 138 valence electrons. The highest BCUT2D eigenvalue weighted by Gasteiger charge is 2.19. The number of imidazole rings is 1. The standard InChI is InChI=1S/C14H21N4O6P/c1-4-16-12-11(18(9-15-12)10(2)23-3)13(19)17(14(16)20)7-5-6-8-24-25(21)22/h9-10H,4-8H2,1-3H3/p+1. The first kappa shape index (κ1) is 19.5. The van der Waals surface area contributed by atoms with E-state index in [-0.39, 0.29) is 13.2 Å². The molecule has 0 aliphatic rings. The maximum absolute atomic E-state index is 12.8. The highest BCUT2D eigenvalue weighted by molar-refractivity contribution is 7.32. The second kappa shape index (κ2) is 8.48. The third-order valence-corrected chi connectivity index (χ3v) is 4.37. The predicted molar refractivity (Wildman–Crippen MR) is 90.7 cm³/mol. The first-order chi connectivity index (χ1) is 11.9. The van der Waals surface area contributed by atoms with Crippen molar-refractivity contribution >= 4 is 19.4 Å². The molecule has 2 aromatic heterocycles. The van der Waals surface area contributed by atoms with Crippen molar-refractivity contribution in [3.8, 4) is 0 Å². The normalized spacial score (nSPS) is 13.4. The summed E-state index contributed by atoms with van der Waals surface area (Å²) in [7, 11) is -1.11. The zero-order valence-corrected chi connectivity index (χ0v) is 15.3. The zero-order valence-electron chi connectivity index (χ0n) is 14.4. The van der Waals surface area contributed by atoms with Gasteiger partial charge in [0.1, 0.15) is 12.8 Å². The number of fused-ring (bicyclic) bond motifs is 1. The molecule has 2 unspecified atom stereocenters. The van der Waals surface area contributed by atoms with Gasteiger partial charge in [0.2, 0.25) is 0 Å². The largest absolute Gasteiger partial charge is 0.694 e. The Balaban J connectivity index is 2.40. The Morgan fingerprint density at radius 3 is 2.64 bits per heavy atom. The molecule has 0 radical (unpaired) electrons. The second-order valence-corrected chi connectivity index (χ2v) is 6.15. The van der Waals surface area contributed by atoms with E-state index < -0.39 is 25.7 Å². The number of aryl methyl sites for hydroxylation is 1. The van der Waals surface area contributed by atoms with E-state index in [1.807, 2.05) is 0 Å². The van der Waals surface area contributed by atoms with Crippen molar-refractivity contribution in [1.82, 2.24) is 18.7 Å². The Labute approximate surface area is 144 Å². The van der Waals surface area contributed by atoms with Crippen LogP contribution in [0.1, 0.15) is 32.9 Å². The zero-order chi connectivity index (χ0) is 18.6. The third kappa shape index (κ3) is 4.04. The number of nitrogens with zero attached hydrogens (tertiary/aromatic N) is 4. The Morgan fingerprint density at radius 2 is 2.04 bits per heavy atom. The molecule has 25 heavy (non-hydrogen) atoms. The summed E-state index contributed by atoms with van der Waals surface area (Å²) in [5, 5.41) is 0. The van der Waals surface area contributed by atoms with Crippen molar-refractivity contribution in [2.45, 2.75) is 46.0 Å². The van der Waals surface area contributed by atoms with Gasteiger partial charge in [-0.05, 0) is 26.7 Å². The number of methoxy groups -OCH3 is 1. The minimum absolute atomic E-state index is 0.0866. The lowest BCUT2D eigenvalue weighted by Crippen LogP contribution is -2.40. The lowest BCUT2D eigenvalue weighted by Gasteiger charge is -2.14. The van der Waals surface area contributed by atoms with Crippen LogP contribution in [0.3, 0.4) is 0 Å². The van der Waals surface area contributed by atoms with E-state index >= 15 is 0 Å². The molecule has 0 saturated heterocycles. The molecule has 0 aliphatic carbocycles. The van der Waals surface area contributed by atoms with E-state index in [0.29, 0.717) is 30.6 Å². The van der Waals surface area contributed by atoms with Gasteiger partial charge in [-0.15, -0.1) is 9.42 Å². The van der Waals surface area contributed by atoms with Crippen LogP contribution in [0.25, 0.3) is 11.2 Å². The summed E-state index contributed by atoms with van der Waals surface area (Å²) in [5.41, 5.74) is -0.214. The van der Waals surface area contributed by atoms with Crippen LogP contribution in [0, 0.1) is 0 Å². The molecule has 0 bridgehead atoms. The first-order valence-electron chi connectivity index (χ1n) is 7.94. The molecule has 2 aromatic rings. The van der Waals surface area contributed by atoms with Crippen LogP contribution in [-0.4, -0.2) is 37.3 Å². The smallest absolute Gasteiger partial charge is 0.362 e. The SMILES string of the molecule is CCn1c(=O)n(CCCCO[P+](=O)O)c(=O)c2c1ncn2C(C)OC. The number of hydrogen-bond donors (Lipinski definition) is 1. The van der Waals surface area contributed by atoms with E-state index in [9.17, 15) is 14.2 Å². The van der Waals surface area contributed by atoms with Gasteiger partial charge in [0.05, 0.1) is 6.33 Å². The van der Waals surface area contributed by atoms with E-state index in [4.69, 9.17) is 9.63 Å². The maximum Gasteiger partial charge on any atom is 0.694 e. The van der Waals surface area contributed by atoms with Crippen LogP contribution >= 0.6 is 8.25 Å². The third-order valence-electron chi connectivity index (χ3n) is 3.97. The maximum atomic E-state index is 12.8. The van der Waals surface area contributed by atoms with Crippen molar-refractivity contribution in [2.24, 2.45) is 0 Å². The summed E-state index contributed by atoms with van der Waals surface area (Å²) in [6, 6.07) is 0. The van der Waals surface area contributed by atoms with Crippen LogP contribution in [0.2, 0.25) is 0 Å². The molecular formula is C14H22N4O6P+. The molecule has 0 aliphatic heterocycles. The molecule has 2 atom stereocenters.